The fourth-order valence-electron chi connectivity index (χ4n) is 2.56. The van der Waals surface area contributed by atoms with Crippen molar-refractivity contribution in [2.24, 2.45) is 5.41 Å². The number of hydrogen-bond donors (Lipinski definition) is 2. The Hall–Kier alpha value is -1.62. The molecule has 1 aromatic rings. The number of carbonyl (C=O) groups is 1. The van der Waals surface area contributed by atoms with Crippen molar-refractivity contribution >= 4 is 11.7 Å². The van der Waals surface area contributed by atoms with Gasteiger partial charge in [-0.25, -0.2) is 4.98 Å². The maximum absolute atomic E-state index is 12.3. The first kappa shape index (κ1) is 14.8. The standard InChI is InChI=1S/C15H23N3O2/c1-5-20-12-9-11(15(12,2)3)18-14(19)10-6-7-17-13(8-10)16-4/h6-8,11-12H,5,9H2,1-4H3,(H,16,17)(H,18,19). The van der Waals surface area contributed by atoms with E-state index in [0.29, 0.717) is 18.0 Å². The summed E-state index contributed by atoms with van der Waals surface area (Å²) in [5, 5.41) is 6.02. The Kier molecular flexibility index (Phi) is 4.28. The average Bonchev–Trinajstić information content (AvgIpc) is 2.46. The summed E-state index contributed by atoms with van der Waals surface area (Å²) >= 11 is 0. The van der Waals surface area contributed by atoms with Crippen molar-refractivity contribution in [1.29, 1.82) is 0 Å². The van der Waals surface area contributed by atoms with E-state index < -0.39 is 0 Å². The van der Waals surface area contributed by atoms with E-state index in [2.05, 4.69) is 29.5 Å². The van der Waals surface area contributed by atoms with E-state index in [1.807, 2.05) is 6.92 Å². The predicted octanol–water partition coefficient (Wildman–Crippen LogP) is 2.06. The summed E-state index contributed by atoms with van der Waals surface area (Å²) in [6.07, 6.45) is 2.73. The SMILES string of the molecule is CCOC1CC(NC(=O)c2ccnc(NC)c2)C1(C)C. The number of aromatic nitrogens is 1. The molecule has 1 aliphatic rings. The Morgan fingerprint density at radius 2 is 2.30 bits per heavy atom. The Balaban J connectivity index is 1.99. The van der Waals surface area contributed by atoms with Crippen LogP contribution in [0.3, 0.4) is 0 Å². The van der Waals surface area contributed by atoms with Crippen molar-refractivity contribution in [3.05, 3.63) is 23.9 Å². The number of nitrogens with zero attached hydrogens (tertiary/aromatic N) is 1. The molecule has 2 rings (SSSR count). The first-order chi connectivity index (χ1) is 9.48. The maximum Gasteiger partial charge on any atom is 0.251 e. The van der Waals surface area contributed by atoms with Gasteiger partial charge in [-0.3, -0.25) is 4.79 Å². The van der Waals surface area contributed by atoms with Gasteiger partial charge in [-0.05, 0) is 25.5 Å². The number of anilines is 1. The number of amides is 1. The zero-order valence-electron chi connectivity index (χ0n) is 12.6. The van der Waals surface area contributed by atoms with Crippen LogP contribution in [0, 0.1) is 5.41 Å². The van der Waals surface area contributed by atoms with Gasteiger partial charge in [0.1, 0.15) is 5.82 Å². The normalized spacial score (nSPS) is 23.8. The van der Waals surface area contributed by atoms with Gasteiger partial charge in [0.05, 0.1) is 6.10 Å². The van der Waals surface area contributed by atoms with Crippen LogP contribution >= 0.6 is 0 Å². The van der Waals surface area contributed by atoms with E-state index in [-0.39, 0.29) is 23.5 Å². The van der Waals surface area contributed by atoms with Gasteiger partial charge in [-0.15, -0.1) is 0 Å². The molecule has 110 valence electrons. The second-order valence-electron chi connectivity index (χ2n) is 5.71. The average molecular weight is 277 g/mol. The molecule has 1 saturated carbocycles. The third kappa shape index (κ3) is 2.77. The molecule has 2 unspecified atom stereocenters. The molecular weight excluding hydrogens is 254 g/mol. The number of nitrogens with one attached hydrogen (secondary N) is 2. The number of pyridine rings is 1. The third-order valence-corrected chi connectivity index (χ3v) is 4.13. The third-order valence-electron chi connectivity index (χ3n) is 4.13. The summed E-state index contributed by atoms with van der Waals surface area (Å²) in [7, 11) is 1.78. The lowest BCUT2D eigenvalue weighted by molar-refractivity contribution is -0.111. The summed E-state index contributed by atoms with van der Waals surface area (Å²) in [6, 6.07) is 3.63. The molecule has 20 heavy (non-hydrogen) atoms. The number of rotatable bonds is 5. The van der Waals surface area contributed by atoms with Gasteiger partial charge in [0.25, 0.3) is 5.91 Å². The van der Waals surface area contributed by atoms with Gasteiger partial charge >= 0.3 is 0 Å². The van der Waals surface area contributed by atoms with Crippen LogP contribution < -0.4 is 10.6 Å². The number of hydrogen-bond acceptors (Lipinski definition) is 4. The van der Waals surface area contributed by atoms with Crippen LogP contribution in [-0.2, 0) is 4.74 Å². The van der Waals surface area contributed by atoms with Crippen LogP contribution in [0.25, 0.3) is 0 Å². The summed E-state index contributed by atoms with van der Waals surface area (Å²) in [5.74, 6) is 0.634. The van der Waals surface area contributed by atoms with E-state index >= 15 is 0 Å². The topological polar surface area (TPSA) is 63.2 Å². The minimum Gasteiger partial charge on any atom is -0.378 e. The summed E-state index contributed by atoms with van der Waals surface area (Å²) in [4.78, 5) is 16.4. The molecule has 0 radical (unpaired) electrons. The molecule has 1 aliphatic carbocycles. The Bertz CT molecular complexity index is 488. The monoisotopic (exact) mass is 277 g/mol. The maximum atomic E-state index is 12.3. The zero-order chi connectivity index (χ0) is 14.8. The van der Waals surface area contributed by atoms with E-state index in [1.165, 1.54) is 0 Å². The van der Waals surface area contributed by atoms with E-state index in [0.717, 1.165) is 6.42 Å². The van der Waals surface area contributed by atoms with Crippen molar-refractivity contribution in [2.45, 2.75) is 39.3 Å². The smallest absolute Gasteiger partial charge is 0.251 e. The van der Waals surface area contributed by atoms with Crippen molar-refractivity contribution in [1.82, 2.24) is 10.3 Å². The number of carbonyl (C=O) groups excluding carboxylic acids is 1. The van der Waals surface area contributed by atoms with Crippen molar-refractivity contribution in [2.75, 3.05) is 19.0 Å². The summed E-state index contributed by atoms with van der Waals surface area (Å²) in [5.41, 5.74) is 0.602. The predicted molar refractivity (Wildman–Crippen MR) is 78.8 cm³/mol. The van der Waals surface area contributed by atoms with Gasteiger partial charge in [0, 0.05) is 36.9 Å². The molecule has 0 aliphatic heterocycles. The second kappa shape index (κ2) is 5.79. The Labute approximate surface area is 120 Å². The molecule has 0 aromatic carbocycles. The molecule has 1 fully saturated rings. The van der Waals surface area contributed by atoms with Gasteiger partial charge < -0.3 is 15.4 Å². The Morgan fingerprint density at radius 1 is 1.55 bits per heavy atom. The molecule has 5 nitrogen and oxygen atoms in total. The molecule has 2 N–H and O–H groups in total. The molecule has 1 aromatic heterocycles. The Morgan fingerprint density at radius 3 is 2.90 bits per heavy atom. The van der Waals surface area contributed by atoms with Crippen LogP contribution in [0.15, 0.2) is 18.3 Å². The first-order valence-electron chi connectivity index (χ1n) is 7.05. The van der Waals surface area contributed by atoms with Gasteiger partial charge in [-0.1, -0.05) is 13.8 Å². The molecule has 2 atom stereocenters. The van der Waals surface area contributed by atoms with Crippen LogP contribution in [-0.4, -0.2) is 36.7 Å². The lowest BCUT2D eigenvalue weighted by atomic mass is 9.64. The molecule has 0 spiro atoms. The second-order valence-corrected chi connectivity index (χ2v) is 5.71. The lowest BCUT2D eigenvalue weighted by Gasteiger charge is -2.51. The zero-order valence-corrected chi connectivity index (χ0v) is 12.6. The quantitative estimate of drug-likeness (QED) is 0.864. The van der Waals surface area contributed by atoms with E-state index in [9.17, 15) is 4.79 Å². The minimum absolute atomic E-state index is 0.0233. The van der Waals surface area contributed by atoms with Crippen LogP contribution in [0.4, 0.5) is 5.82 Å². The molecule has 5 heteroatoms. The summed E-state index contributed by atoms with van der Waals surface area (Å²) in [6.45, 7) is 6.98. The van der Waals surface area contributed by atoms with Crippen LogP contribution in [0.1, 0.15) is 37.6 Å². The first-order valence-corrected chi connectivity index (χ1v) is 7.05. The lowest BCUT2D eigenvalue weighted by Crippen LogP contribution is -2.62. The molecule has 1 amide bonds. The van der Waals surface area contributed by atoms with E-state index in [4.69, 9.17) is 4.74 Å². The van der Waals surface area contributed by atoms with Crippen molar-refractivity contribution in [3.63, 3.8) is 0 Å². The fraction of sp³-hybridized carbons (Fsp3) is 0.600. The molecular formula is C15H23N3O2. The fourth-order valence-corrected chi connectivity index (χ4v) is 2.56. The highest BCUT2D eigenvalue weighted by Crippen LogP contribution is 2.42. The highest BCUT2D eigenvalue weighted by Gasteiger charge is 2.49. The van der Waals surface area contributed by atoms with Gasteiger partial charge in [0.15, 0.2) is 0 Å². The highest BCUT2D eigenvalue weighted by molar-refractivity contribution is 5.95. The number of ether oxygens (including phenoxy) is 1. The van der Waals surface area contributed by atoms with Crippen molar-refractivity contribution < 1.29 is 9.53 Å². The van der Waals surface area contributed by atoms with Crippen LogP contribution in [0.5, 0.6) is 0 Å². The summed E-state index contributed by atoms with van der Waals surface area (Å²) < 4.78 is 5.68. The largest absolute Gasteiger partial charge is 0.378 e. The molecule has 0 bridgehead atoms. The van der Waals surface area contributed by atoms with Crippen molar-refractivity contribution in [3.8, 4) is 0 Å². The molecule has 1 heterocycles. The minimum atomic E-state index is -0.0584. The van der Waals surface area contributed by atoms with Gasteiger partial charge in [0.2, 0.25) is 0 Å². The van der Waals surface area contributed by atoms with Crippen LogP contribution in [0.2, 0.25) is 0 Å². The van der Waals surface area contributed by atoms with Gasteiger partial charge in [-0.2, -0.15) is 0 Å². The van der Waals surface area contributed by atoms with E-state index in [1.54, 1.807) is 25.4 Å². The highest BCUT2D eigenvalue weighted by atomic mass is 16.5. The molecule has 0 saturated heterocycles.